The van der Waals surface area contributed by atoms with E-state index in [-0.39, 0.29) is 6.04 Å². The van der Waals surface area contributed by atoms with Crippen molar-refractivity contribution in [3.63, 3.8) is 0 Å². The van der Waals surface area contributed by atoms with Gasteiger partial charge >= 0.3 is 6.18 Å². The topological polar surface area (TPSA) is 25.2 Å². The molecule has 0 spiro atoms. The van der Waals surface area contributed by atoms with Crippen molar-refractivity contribution < 1.29 is 13.2 Å². The summed E-state index contributed by atoms with van der Waals surface area (Å²) < 4.78 is 39.2. The first-order valence-electron chi connectivity index (χ1n) is 6.36. The van der Waals surface area contributed by atoms with Gasteiger partial charge in [0.15, 0.2) is 0 Å². The molecule has 0 amide bonds. The van der Waals surface area contributed by atoms with Crippen LogP contribution in [-0.2, 0) is 12.7 Å². The number of hydrogen-bond acceptors (Lipinski definition) is 2. The van der Waals surface area contributed by atoms with Crippen molar-refractivity contribution in [3.05, 3.63) is 34.2 Å². The highest BCUT2D eigenvalue weighted by Gasteiger charge is 2.34. The van der Waals surface area contributed by atoms with Gasteiger partial charge in [-0.25, -0.2) is 0 Å². The van der Waals surface area contributed by atoms with Crippen molar-refractivity contribution in [3.8, 4) is 0 Å². The van der Waals surface area contributed by atoms with Gasteiger partial charge in [0.05, 0.1) is 0 Å². The molecule has 0 radical (unpaired) electrons. The van der Waals surface area contributed by atoms with Crippen LogP contribution in [0.15, 0.2) is 23.1 Å². The minimum atomic E-state index is -4.58. The highest BCUT2D eigenvalue weighted by molar-refractivity contribution is 5.14. The Hall–Kier alpha value is -1.30. The molecule has 1 atom stereocenters. The lowest BCUT2D eigenvalue weighted by Crippen LogP contribution is -2.41. The zero-order valence-electron chi connectivity index (χ0n) is 10.8. The van der Waals surface area contributed by atoms with Gasteiger partial charge in [-0.2, -0.15) is 13.2 Å². The van der Waals surface area contributed by atoms with E-state index in [0.717, 1.165) is 31.9 Å². The molecule has 1 fully saturated rings. The molecule has 19 heavy (non-hydrogen) atoms. The number of likely N-dealkylation sites (tertiary alicyclic amines) is 1. The van der Waals surface area contributed by atoms with Crippen molar-refractivity contribution in [1.29, 1.82) is 0 Å². The second-order valence-corrected chi connectivity index (χ2v) is 5.01. The molecule has 1 saturated heterocycles. The Labute approximate surface area is 109 Å². The lowest BCUT2D eigenvalue weighted by atomic mass is 10.0. The van der Waals surface area contributed by atoms with Crippen LogP contribution in [0.4, 0.5) is 13.2 Å². The summed E-state index contributed by atoms with van der Waals surface area (Å²) in [5, 5.41) is 0. The van der Waals surface area contributed by atoms with Gasteiger partial charge in [0.25, 0.3) is 5.56 Å². The molecule has 1 unspecified atom stereocenters. The molecule has 6 heteroatoms. The van der Waals surface area contributed by atoms with Crippen LogP contribution in [0.2, 0.25) is 0 Å². The molecule has 0 bridgehead atoms. The highest BCUT2D eigenvalue weighted by Crippen LogP contribution is 2.26. The zero-order valence-corrected chi connectivity index (χ0v) is 10.8. The lowest BCUT2D eigenvalue weighted by Gasteiger charge is -2.32. The maximum Gasteiger partial charge on any atom is 0.421 e. The van der Waals surface area contributed by atoms with Gasteiger partial charge in [0.2, 0.25) is 0 Å². The SMILES string of the molecule is CN1CCCCC1Cn1cccc(C(F)(F)F)c1=O. The number of pyridine rings is 1. The molecule has 0 N–H and O–H groups in total. The quantitative estimate of drug-likeness (QED) is 0.827. The monoisotopic (exact) mass is 274 g/mol. The number of aromatic nitrogens is 1. The summed E-state index contributed by atoms with van der Waals surface area (Å²) in [7, 11) is 1.95. The Morgan fingerprint density at radius 2 is 2.11 bits per heavy atom. The third kappa shape index (κ3) is 3.18. The predicted octanol–water partition coefficient (Wildman–Crippen LogP) is 2.35. The molecule has 0 aliphatic carbocycles. The van der Waals surface area contributed by atoms with Gasteiger partial charge in [-0.3, -0.25) is 4.79 Å². The minimum absolute atomic E-state index is 0.134. The molecule has 1 aliphatic heterocycles. The van der Waals surface area contributed by atoms with E-state index in [1.54, 1.807) is 0 Å². The number of likely N-dealkylation sites (N-methyl/N-ethyl adjacent to an activating group) is 1. The average molecular weight is 274 g/mol. The van der Waals surface area contributed by atoms with Crippen molar-refractivity contribution in [2.24, 2.45) is 0 Å². The van der Waals surface area contributed by atoms with E-state index in [1.165, 1.54) is 16.8 Å². The van der Waals surface area contributed by atoms with E-state index < -0.39 is 17.3 Å². The third-order valence-electron chi connectivity index (χ3n) is 3.65. The summed E-state index contributed by atoms with van der Waals surface area (Å²) in [5.41, 5.74) is -2.04. The van der Waals surface area contributed by atoms with Gasteiger partial charge in [-0.05, 0) is 38.6 Å². The number of rotatable bonds is 2. The standard InChI is InChI=1S/C13H17F3N2O/c1-17-7-3-2-5-10(17)9-18-8-4-6-11(12(18)19)13(14,15)16/h4,6,8,10H,2-3,5,7,9H2,1H3. The molecule has 0 aromatic carbocycles. The first-order chi connectivity index (χ1) is 8.89. The molecule has 2 rings (SSSR count). The maximum absolute atomic E-state index is 12.7. The number of nitrogens with zero attached hydrogens (tertiary/aromatic N) is 2. The Bertz CT molecular complexity index is 495. The fourth-order valence-electron chi connectivity index (χ4n) is 2.50. The average Bonchev–Trinajstić information content (AvgIpc) is 2.33. The van der Waals surface area contributed by atoms with Gasteiger partial charge < -0.3 is 9.47 Å². The smallest absolute Gasteiger partial charge is 0.313 e. The van der Waals surface area contributed by atoms with Gasteiger partial charge in [-0.1, -0.05) is 6.42 Å². The van der Waals surface area contributed by atoms with Crippen LogP contribution in [0, 0.1) is 0 Å². The largest absolute Gasteiger partial charge is 0.421 e. The summed E-state index contributed by atoms with van der Waals surface area (Å²) in [5.74, 6) is 0. The van der Waals surface area contributed by atoms with Gasteiger partial charge in [0.1, 0.15) is 5.56 Å². The number of piperidine rings is 1. The van der Waals surface area contributed by atoms with E-state index in [4.69, 9.17) is 0 Å². The van der Waals surface area contributed by atoms with Crippen LogP contribution in [-0.4, -0.2) is 29.1 Å². The predicted molar refractivity (Wildman–Crippen MR) is 66.0 cm³/mol. The molecule has 2 heterocycles. The van der Waals surface area contributed by atoms with Crippen molar-refractivity contribution >= 4 is 0 Å². The normalized spacial score (nSPS) is 21.6. The molecule has 106 valence electrons. The molecule has 1 aromatic rings. The van der Waals surface area contributed by atoms with E-state index in [1.807, 2.05) is 7.05 Å². The second kappa shape index (κ2) is 5.36. The number of halogens is 3. The minimum Gasteiger partial charge on any atom is -0.313 e. The van der Waals surface area contributed by atoms with Crippen molar-refractivity contribution in [2.75, 3.05) is 13.6 Å². The number of alkyl halides is 3. The Kier molecular flexibility index (Phi) is 3.99. The first kappa shape index (κ1) is 14.1. The summed E-state index contributed by atoms with van der Waals surface area (Å²) in [6.45, 7) is 1.25. The zero-order chi connectivity index (χ0) is 14.0. The summed E-state index contributed by atoms with van der Waals surface area (Å²) in [4.78, 5) is 13.9. The first-order valence-corrected chi connectivity index (χ1v) is 6.36. The van der Waals surface area contributed by atoms with Crippen LogP contribution in [0.25, 0.3) is 0 Å². The lowest BCUT2D eigenvalue weighted by molar-refractivity contribution is -0.139. The van der Waals surface area contributed by atoms with Crippen LogP contribution in [0.3, 0.4) is 0 Å². The molecule has 0 saturated carbocycles. The van der Waals surface area contributed by atoms with E-state index in [9.17, 15) is 18.0 Å². The summed E-state index contributed by atoms with van der Waals surface area (Å²) in [6, 6.07) is 2.26. The van der Waals surface area contributed by atoms with E-state index in [0.29, 0.717) is 6.54 Å². The molecule has 1 aliphatic rings. The van der Waals surface area contributed by atoms with Crippen molar-refractivity contribution in [2.45, 2.75) is 38.0 Å². The van der Waals surface area contributed by atoms with Crippen molar-refractivity contribution in [1.82, 2.24) is 9.47 Å². The summed E-state index contributed by atoms with van der Waals surface area (Å²) >= 11 is 0. The van der Waals surface area contributed by atoms with E-state index in [2.05, 4.69) is 4.90 Å². The highest BCUT2D eigenvalue weighted by atomic mass is 19.4. The van der Waals surface area contributed by atoms with Crippen LogP contribution in [0.5, 0.6) is 0 Å². The van der Waals surface area contributed by atoms with Gasteiger partial charge in [0, 0.05) is 18.8 Å². The second-order valence-electron chi connectivity index (χ2n) is 5.01. The molecule has 1 aromatic heterocycles. The maximum atomic E-state index is 12.7. The fourth-order valence-corrected chi connectivity index (χ4v) is 2.50. The van der Waals surface area contributed by atoms with Crippen LogP contribution < -0.4 is 5.56 Å². The fraction of sp³-hybridized carbons (Fsp3) is 0.615. The summed E-state index contributed by atoms with van der Waals surface area (Å²) in [6.07, 6.45) is -0.0784. The molecule has 3 nitrogen and oxygen atoms in total. The van der Waals surface area contributed by atoms with E-state index >= 15 is 0 Å². The van der Waals surface area contributed by atoms with Crippen LogP contribution >= 0.6 is 0 Å². The molecular weight excluding hydrogens is 257 g/mol. The molecular formula is C13H17F3N2O. The Morgan fingerprint density at radius 3 is 2.74 bits per heavy atom. The van der Waals surface area contributed by atoms with Crippen LogP contribution in [0.1, 0.15) is 24.8 Å². The Morgan fingerprint density at radius 1 is 1.37 bits per heavy atom. The number of hydrogen-bond donors (Lipinski definition) is 0. The Balaban J connectivity index is 2.24. The third-order valence-corrected chi connectivity index (χ3v) is 3.65. The van der Waals surface area contributed by atoms with Gasteiger partial charge in [-0.15, -0.1) is 0 Å².